The maximum atomic E-state index is 12.1. The first-order chi connectivity index (χ1) is 12.0. The maximum absolute atomic E-state index is 12.1. The van der Waals surface area contributed by atoms with Gasteiger partial charge in [-0.25, -0.2) is 9.79 Å². The smallest absolute Gasteiger partial charge is 0.359 e. The number of esters is 1. The van der Waals surface area contributed by atoms with Crippen molar-refractivity contribution in [2.75, 3.05) is 0 Å². The highest BCUT2D eigenvalue weighted by molar-refractivity contribution is 6.66. The Labute approximate surface area is 158 Å². The minimum Gasteiger partial charge on any atom is -0.439 e. The third-order valence-electron chi connectivity index (χ3n) is 4.01. The molecule has 0 aliphatic carbocycles. The van der Waals surface area contributed by atoms with Gasteiger partial charge in [-0.2, -0.15) is 0 Å². The van der Waals surface area contributed by atoms with E-state index in [2.05, 4.69) is 4.99 Å². The zero-order valence-electron chi connectivity index (χ0n) is 12.8. The molecule has 0 bridgehead atoms. The number of halogens is 3. The minimum absolute atomic E-state index is 0.148. The van der Waals surface area contributed by atoms with E-state index in [1.165, 1.54) is 0 Å². The monoisotopic (exact) mass is 392 g/mol. The van der Waals surface area contributed by atoms with Crippen LogP contribution in [0, 0.1) is 0 Å². The fourth-order valence-electron chi connectivity index (χ4n) is 2.88. The number of ether oxygens (including phenoxy) is 1. The van der Waals surface area contributed by atoms with Crippen molar-refractivity contribution in [2.24, 2.45) is 4.99 Å². The van der Waals surface area contributed by atoms with Gasteiger partial charge >= 0.3 is 5.97 Å². The number of nitrogens with zero attached hydrogens (tertiary/aromatic N) is 2. The van der Waals surface area contributed by atoms with Crippen LogP contribution < -0.4 is 0 Å². The highest BCUT2D eigenvalue weighted by Crippen LogP contribution is 2.38. The molecule has 0 radical (unpaired) electrons. The average Bonchev–Trinajstić information content (AvgIpc) is 3.09. The van der Waals surface area contributed by atoms with Crippen LogP contribution in [0.25, 0.3) is 10.9 Å². The normalized spacial score (nSPS) is 14.0. The van der Waals surface area contributed by atoms with Crippen molar-refractivity contribution in [3.8, 4) is 0 Å². The summed E-state index contributed by atoms with van der Waals surface area (Å²) < 4.78 is 6.88. The minimum atomic E-state index is -0.415. The fraction of sp³-hybridized carbons (Fsp3) is 0.111. The van der Waals surface area contributed by atoms with Crippen molar-refractivity contribution in [1.82, 2.24) is 4.57 Å². The number of aliphatic imine (C=N–C) groups is 1. The Kier molecular flexibility index (Phi) is 4.20. The maximum Gasteiger partial charge on any atom is 0.359 e. The second kappa shape index (κ2) is 6.37. The van der Waals surface area contributed by atoms with E-state index >= 15 is 0 Å². The average molecular weight is 394 g/mol. The van der Waals surface area contributed by atoms with Gasteiger partial charge in [0.15, 0.2) is 12.4 Å². The van der Waals surface area contributed by atoms with Crippen molar-refractivity contribution in [3.63, 3.8) is 0 Å². The van der Waals surface area contributed by atoms with Crippen LogP contribution in [-0.4, -0.2) is 15.7 Å². The topological polar surface area (TPSA) is 43.6 Å². The van der Waals surface area contributed by atoms with Crippen LogP contribution in [0.1, 0.15) is 16.1 Å². The van der Waals surface area contributed by atoms with E-state index in [1.54, 1.807) is 28.8 Å². The molecule has 4 rings (SSSR count). The molecule has 126 valence electrons. The summed E-state index contributed by atoms with van der Waals surface area (Å²) in [6, 6.07) is 12.7. The molecule has 2 heterocycles. The van der Waals surface area contributed by atoms with Crippen molar-refractivity contribution >= 4 is 62.5 Å². The van der Waals surface area contributed by atoms with E-state index in [9.17, 15) is 4.79 Å². The summed E-state index contributed by atoms with van der Waals surface area (Å²) in [5.41, 5.74) is 2.67. The lowest BCUT2D eigenvalue weighted by Crippen LogP contribution is -1.97. The van der Waals surface area contributed by atoms with Crippen LogP contribution >= 0.6 is 34.8 Å². The van der Waals surface area contributed by atoms with Crippen LogP contribution in [0.2, 0.25) is 10.0 Å². The first-order valence-corrected chi connectivity index (χ1v) is 8.62. The number of carbonyl (C=O) groups is 1. The zero-order valence-corrected chi connectivity index (χ0v) is 15.1. The molecule has 0 saturated carbocycles. The number of cyclic esters (lactones) is 1. The lowest BCUT2D eigenvalue weighted by Gasteiger charge is -2.01. The van der Waals surface area contributed by atoms with Gasteiger partial charge in [-0.3, -0.25) is 4.57 Å². The molecule has 1 aliphatic heterocycles. The van der Waals surface area contributed by atoms with E-state index in [-0.39, 0.29) is 6.73 Å². The van der Waals surface area contributed by atoms with E-state index in [0.717, 1.165) is 16.5 Å². The Hall–Kier alpha value is -2.01. The van der Waals surface area contributed by atoms with E-state index in [4.69, 9.17) is 39.5 Å². The van der Waals surface area contributed by atoms with Gasteiger partial charge in [0, 0.05) is 21.9 Å². The molecule has 7 heteroatoms. The number of rotatable bonds is 3. The Morgan fingerprint density at radius 3 is 2.60 bits per heavy atom. The Bertz CT molecular complexity index is 1020. The van der Waals surface area contributed by atoms with Gasteiger partial charge in [0.1, 0.15) is 10.9 Å². The second-order valence-electron chi connectivity index (χ2n) is 5.64. The summed E-state index contributed by atoms with van der Waals surface area (Å²) in [5, 5.41) is 2.42. The van der Waals surface area contributed by atoms with Crippen molar-refractivity contribution < 1.29 is 9.53 Å². The predicted molar refractivity (Wildman–Crippen MR) is 100 cm³/mol. The Balaban J connectivity index is 1.79. The van der Waals surface area contributed by atoms with Gasteiger partial charge < -0.3 is 4.74 Å². The molecular formula is C18H11Cl3N2O2. The van der Waals surface area contributed by atoms with Gasteiger partial charge in [-0.15, -0.1) is 0 Å². The molecule has 0 saturated heterocycles. The highest BCUT2D eigenvalue weighted by atomic mass is 35.5. The molecule has 1 aromatic heterocycles. The van der Waals surface area contributed by atoms with Crippen LogP contribution in [-0.2, 0) is 17.9 Å². The summed E-state index contributed by atoms with van der Waals surface area (Å²) in [4.78, 5) is 16.6. The Morgan fingerprint density at radius 2 is 1.84 bits per heavy atom. The number of fused-ring (bicyclic) bond motifs is 3. The van der Waals surface area contributed by atoms with Crippen LogP contribution in [0.4, 0.5) is 5.69 Å². The largest absolute Gasteiger partial charge is 0.439 e. The van der Waals surface area contributed by atoms with E-state index in [0.29, 0.717) is 33.0 Å². The van der Waals surface area contributed by atoms with Crippen LogP contribution in [0.15, 0.2) is 47.5 Å². The molecule has 4 nitrogen and oxygen atoms in total. The molecule has 0 N–H and O–H groups in total. The predicted octanol–water partition coefficient (Wildman–Crippen LogP) is 5.59. The number of aromatic nitrogens is 1. The third kappa shape index (κ3) is 3.01. The fourth-order valence-corrected chi connectivity index (χ4v) is 3.41. The quantitative estimate of drug-likeness (QED) is 0.430. The molecular weight excluding hydrogens is 383 g/mol. The molecule has 0 spiro atoms. The van der Waals surface area contributed by atoms with Gasteiger partial charge in [0.25, 0.3) is 0 Å². The lowest BCUT2D eigenvalue weighted by molar-refractivity contribution is 0.0499. The number of benzene rings is 2. The van der Waals surface area contributed by atoms with Crippen LogP contribution in [0.5, 0.6) is 0 Å². The van der Waals surface area contributed by atoms with Gasteiger partial charge in [-0.1, -0.05) is 46.9 Å². The summed E-state index contributed by atoms with van der Waals surface area (Å²) in [5.74, 6) is -0.415. The molecule has 25 heavy (non-hydrogen) atoms. The first kappa shape index (κ1) is 16.5. The summed E-state index contributed by atoms with van der Waals surface area (Å²) in [6.07, 6.45) is 0.438. The standard InChI is InChI=1S/C18H11Cl3N2O2/c19-11-3-1-10(2-4-11)7-15(21)22-16-13-6-5-12(20)8-14(13)23-9-25-18(24)17(16)23/h1-6,8H,7,9H2/b22-15-. The summed E-state index contributed by atoms with van der Waals surface area (Å²) >= 11 is 18.3. The summed E-state index contributed by atoms with van der Waals surface area (Å²) in [7, 11) is 0. The van der Waals surface area contributed by atoms with Crippen molar-refractivity contribution in [1.29, 1.82) is 0 Å². The molecule has 0 amide bonds. The molecule has 0 fully saturated rings. The van der Waals surface area contributed by atoms with Gasteiger partial charge in [0.05, 0.1) is 5.52 Å². The van der Waals surface area contributed by atoms with E-state index < -0.39 is 5.97 Å². The third-order valence-corrected chi connectivity index (χ3v) is 4.72. The van der Waals surface area contributed by atoms with Crippen LogP contribution in [0.3, 0.4) is 0 Å². The number of hydrogen-bond donors (Lipinski definition) is 0. The van der Waals surface area contributed by atoms with E-state index in [1.807, 2.05) is 18.2 Å². The molecule has 1 aliphatic rings. The lowest BCUT2D eigenvalue weighted by atomic mass is 10.1. The molecule has 2 aromatic carbocycles. The molecule has 0 atom stereocenters. The van der Waals surface area contributed by atoms with Crippen molar-refractivity contribution in [2.45, 2.75) is 13.2 Å². The SMILES string of the molecule is O=C1OCn2c1c(/N=C(\Cl)Cc1ccc(Cl)cc1)c1ccc(Cl)cc12. The molecule has 3 aromatic rings. The second-order valence-corrected chi connectivity index (χ2v) is 6.95. The first-order valence-electron chi connectivity index (χ1n) is 7.49. The summed E-state index contributed by atoms with van der Waals surface area (Å²) in [6.45, 7) is 0.148. The number of carbonyl (C=O) groups excluding carboxylic acids is 1. The number of hydrogen-bond acceptors (Lipinski definition) is 3. The van der Waals surface area contributed by atoms with Gasteiger partial charge in [0.2, 0.25) is 0 Å². The zero-order chi connectivity index (χ0) is 17.6. The molecule has 0 unspecified atom stereocenters. The van der Waals surface area contributed by atoms with Gasteiger partial charge in [-0.05, 0) is 35.9 Å². The van der Waals surface area contributed by atoms with Crippen molar-refractivity contribution in [3.05, 3.63) is 63.8 Å². The highest BCUT2D eigenvalue weighted by Gasteiger charge is 2.29. The Morgan fingerprint density at radius 1 is 1.12 bits per heavy atom.